The Morgan fingerprint density at radius 3 is 2.55 bits per heavy atom. The van der Waals surface area contributed by atoms with Gasteiger partial charge in [-0.2, -0.15) is 11.8 Å². The first-order valence-corrected chi connectivity index (χ1v) is 5.06. The molecule has 1 atom stereocenters. The minimum atomic E-state index is 0.928. The first-order chi connectivity index (χ1) is 5.34. The van der Waals surface area contributed by atoms with Gasteiger partial charge < -0.3 is 0 Å². The highest BCUT2D eigenvalue weighted by atomic mass is 32.2. The number of aryl methyl sites for hydroxylation is 1. The predicted molar refractivity (Wildman–Crippen MR) is 51.1 cm³/mol. The summed E-state index contributed by atoms with van der Waals surface area (Å²) in [6, 6.07) is 8.88. The SMILES string of the molecule is Cc1ccc(CC2CS2)cc1. The molecular weight excluding hydrogens is 152 g/mol. The normalized spacial score (nSPS) is 21.7. The molecule has 1 unspecified atom stereocenters. The van der Waals surface area contributed by atoms with Crippen molar-refractivity contribution in [3.8, 4) is 0 Å². The van der Waals surface area contributed by atoms with Gasteiger partial charge in [-0.15, -0.1) is 0 Å². The smallest absolute Gasteiger partial charge is 0.0179 e. The largest absolute Gasteiger partial charge is 0.156 e. The summed E-state index contributed by atoms with van der Waals surface area (Å²) >= 11 is 2.07. The van der Waals surface area contributed by atoms with Crippen molar-refractivity contribution in [2.45, 2.75) is 18.6 Å². The second-order valence-corrected chi connectivity index (χ2v) is 4.48. The Labute approximate surface area is 72.0 Å². The fourth-order valence-corrected chi connectivity index (χ4v) is 1.74. The summed E-state index contributed by atoms with van der Waals surface area (Å²) in [6.07, 6.45) is 1.27. The molecule has 0 saturated carbocycles. The number of thioether (sulfide) groups is 1. The summed E-state index contributed by atoms with van der Waals surface area (Å²) in [7, 11) is 0. The summed E-state index contributed by atoms with van der Waals surface area (Å²) in [5.74, 6) is 1.37. The van der Waals surface area contributed by atoms with Gasteiger partial charge in [0.15, 0.2) is 0 Å². The lowest BCUT2D eigenvalue weighted by molar-refractivity contribution is 1.02. The average Bonchev–Trinajstić information content (AvgIpc) is 2.78. The molecule has 0 nitrogen and oxygen atoms in total. The van der Waals surface area contributed by atoms with Gasteiger partial charge in [0.2, 0.25) is 0 Å². The van der Waals surface area contributed by atoms with Crippen LogP contribution < -0.4 is 0 Å². The molecule has 0 amide bonds. The molecule has 0 N–H and O–H groups in total. The van der Waals surface area contributed by atoms with Crippen LogP contribution in [0.25, 0.3) is 0 Å². The first-order valence-electron chi connectivity index (χ1n) is 4.02. The second-order valence-electron chi connectivity index (χ2n) is 3.15. The van der Waals surface area contributed by atoms with Gasteiger partial charge in [0.25, 0.3) is 0 Å². The van der Waals surface area contributed by atoms with Crippen molar-refractivity contribution >= 4 is 11.8 Å². The first kappa shape index (κ1) is 7.23. The van der Waals surface area contributed by atoms with Crippen molar-refractivity contribution in [2.75, 3.05) is 5.75 Å². The van der Waals surface area contributed by atoms with Crippen LogP contribution >= 0.6 is 11.8 Å². The summed E-state index contributed by atoms with van der Waals surface area (Å²) in [5, 5.41) is 0.928. The number of benzene rings is 1. The van der Waals surface area contributed by atoms with Crippen molar-refractivity contribution in [3.63, 3.8) is 0 Å². The Morgan fingerprint density at radius 1 is 1.36 bits per heavy atom. The summed E-state index contributed by atoms with van der Waals surface area (Å²) in [4.78, 5) is 0. The minimum Gasteiger partial charge on any atom is -0.156 e. The van der Waals surface area contributed by atoms with Crippen LogP contribution in [0, 0.1) is 6.92 Å². The summed E-state index contributed by atoms with van der Waals surface area (Å²) in [6.45, 7) is 2.13. The van der Waals surface area contributed by atoms with Crippen LogP contribution in [0.3, 0.4) is 0 Å². The molecule has 1 aliphatic rings. The van der Waals surface area contributed by atoms with Crippen molar-refractivity contribution < 1.29 is 0 Å². The van der Waals surface area contributed by atoms with Crippen molar-refractivity contribution in [2.24, 2.45) is 0 Å². The van der Waals surface area contributed by atoms with Crippen LogP contribution in [0.15, 0.2) is 24.3 Å². The van der Waals surface area contributed by atoms with Crippen LogP contribution in [0.4, 0.5) is 0 Å². The van der Waals surface area contributed by atoms with E-state index in [0.717, 1.165) is 5.25 Å². The van der Waals surface area contributed by atoms with Gasteiger partial charge in [0.05, 0.1) is 0 Å². The Bertz CT molecular complexity index is 234. The van der Waals surface area contributed by atoms with E-state index in [-0.39, 0.29) is 0 Å². The van der Waals surface area contributed by atoms with E-state index in [2.05, 4.69) is 43.0 Å². The van der Waals surface area contributed by atoms with Crippen molar-refractivity contribution in [1.29, 1.82) is 0 Å². The van der Waals surface area contributed by atoms with Crippen LogP contribution in [-0.4, -0.2) is 11.0 Å². The van der Waals surface area contributed by atoms with Crippen LogP contribution in [0.2, 0.25) is 0 Å². The molecule has 0 aromatic heterocycles. The zero-order valence-corrected chi connectivity index (χ0v) is 7.53. The van der Waals surface area contributed by atoms with Gasteiger partial charge >= 0.3 is 0 Å². The van der Waals surface area contributed by atoms with E-state index in [4.69, 9.17) is 0 Å². The zero-order chi connectivity index (χ0) is 7.68. The number of rotatable bonds is 2. The Hall–Kier alpha value is -0.430. The van der Waals surface area contributed by atoms with Gasteiger partial charge in [0, 0.05) is 11.0 Å². The number of hydrogen-bond acceptors (Lipinski definition) is 1. The molecule has 11 heavy (non-hydrogen) atoms. The van der Waals surface area contributed by atoms with E-state index in [1.807, 2.05) is 0 Å². The van der Waals surface area contributed by atoms with E-state index in [1.54, 1.807) is 0 Å². The summed E-state index contributed by atoms with van der Waals surface area (Å²) < 4.78 is 0. The summed E-state index contributed by atoms with van der Waals surface area (Å²) in [5.41, 5.74) is 2.85. The molecule has 58 valence electrons. The molecule has 1 aromatic carbocycles. The zero-order valence-electron chi connectivity index (χ0n) is 6.71. The fourth-order valence-electron chi connectivity index (χ4n) is 1.17. The van der Waals surface area contributed by atoms with Crippen molar-refractivity contribution in [3.05, 3.63) is 35.4 Å². The van der Waals surface area contributed by atoms with Gasteiger partial charge in [-0.3, -0.25) is 0 Å². The van der Waals surface area contributed by atoms with Gasteiger partial charge in [0.1, 0.15) is 0 Å². The molecule has 1 aromatic rings. The third-order valence-electron chi connectivity index (χ3n) is 1.99. The van der Waals surface area contributed by atoms with E-state index in [1.165, 1.54) is 23.3 Å². The molecule has 2 rings (SSSR count). The Kier molecular flexibility index (Phi) is 1.91. The molecule has 1 heterocycles. The lowest BCUT2D eigenvalue weighted by Gasteiger charge is -1.97. The quantitative estimate of drug-likeness (QED) is 0.605. The standard InChI is InChI=1S/C10H12S/c1-8-2-4-9(5-3-8)6-10-7-11-10/h2-5,10H,6-7H2,1H3. The van der Waals surface area contributed by atoms with Crippen LogP contribution in [-0.2, 0) is 6.42 Å². The molecule has 0 spiro atoms. The van der Waals surface area contributed by atoms with Gasteiger partial charge in [-0.05, 0) is 18.9 Å². The Morgan fingerprint density at radius 2 is 2.00 bits per heavy atom. The highest BCUT2D eigenvalue weighted by molar-refractivity contribution is 8.06. The molecule has 0 bridgehead atoms. The van der Waals surface area contributed by atoms with Gasteiger partial charge in [-0.25, -0.2) is 0 Å². The predicted octanol–water partition coefficient (Wildman–Crippen LogP) is 2.65. The fraction of sp³-hybridized carbons (Fsp3) is 0.400. The maximum atomic E-state index is 2.24. The van der Waals surface area contributed by atoms with Crippen LogP contribution in [0.1, 0.15) is 11.1 Å². The lowest BCUT2D eigenvalue weighted by atomic mass is 10.1. The monoisotopic (exact) mass is 164 g/mol. The number of hydrogen-bond donors (Lipinski definition) is 0. The van der Waals surface area contributed by atoms with Gasteiger partial charge in [-0.1, -0.05) is 29.8 Å². The molecule has 0 aliphatic carbocycles. The minimum absolute atomic E-state index is 0.928. The molecule has 1 fully saturated rings. The molecule has 1 saturated heterocycles. The Balaban J connectivity index is 2.06. The van der Waals surface area contributed by atoms with E-state index >= 15 is 0 Å². The molecule has 1 heteroatoms. The van der Waals surface area contributed by atoms with Crippen LogP contribution in [0.5, 0.6) is 0 Å². The second kappa shape index (κ2) is 2.90. The van der Waals surface area contributed by atoms with E-state index in [9.17, 15) is 0 Å². The average molecular weight is 164 g/mol. The highest BCUT2D eigenvalue weighted by Crippen LogP contribution is 2.32. The molecule has 1 aliphatic heterocycles. The highest BCUT2D eigenvalue weighted by Gasteiger charge is 2.21. The topological polar surface area (TPSA) is 0 Å². The third kappa shape index (κ3) is 2.00. The maximum absolute atomic E-state index is 2.24. The lowest BCUT2D eigenvalue weighted by Crippen LogP contribution is -1.90. The van der Waals surface area contributed by atoms with E-state index < -0.39 is 0 Å². The third-order valence-corrected chi connectivity index (χ3v) is 2.96. The maximum Gasteiger partial charge on any atom is 0.0179 e. The molecule has 0 radical (unpaired) electrons. The van der Waals surface area contributed by atoms with Crippen molar-refractivity contribution in [1.82, 2.24) is 0 Å². The molecular formula is C10H12S. The van der Waals surface area contributed by atoms with E-state index in [0.29, 0.717) is 0 Å².